The van der Waals surface area contributed by atoms with Gasteiger partial charge in [-0.05, 0) is 34.5 Å². The Morgan fingerprint density at radius 3 is 3.07 bits per heavy atom. The minimum Gasteiger partial charge on any atom is -0.391 e. The fourth-order valence-corrected chi connectivity index (χ4v) is 2.04. The Hall–Kier alpha value is -0.940. The van der Waals surface area contributed by atoms with Crippen molar-refractivity contribution in [2.45, 2.75) is 12.5 Å². The van der Waals surface area contributed by atoms with Gasteiger partial charge in [-0.1, -0.05) is 0 Å². The van der Waals surface area contributed by atoms with Gasteiger partial charge in [0.05, 0.1) is 6.10 Å². The monoisotopic (exact) mass is 270 g/mol. The van der Waals surface area contributed by atoms with Crippen molar-refractivity contribution in [1.82, 2.24) is 9.88 Å². The zero-order chi connectivity index (χ0) is 10.8. The van der Waals surface area contributed by atoms with Crippen molar-refractivity contribution < 1.29 is 9.90 Å². The highest BCUT2D eigenvalue weighted by Crippen LogP contribution is 2.18. The van der Waals surface area contributed by atoms with Crippen molar-refractivity contribution >= 4 is 21.8 Å². The third kappa shape index (κ3) is 2.18. The Bertz CT molecular complexity index is 383. The number of nitrogens with zero attached hydrogens (tertiary/aromatic N) is 2. The summed E-state index contributed by atoms with van der Waals surface area (Å²) in [5.74, 6) is -0.126. The SMILES string of the molecule is O=C(c1ncccc1Br)N1CC[C@@H](O)C1. The zero-order valence-electron chi connectivity index (χ0n) is 8.06. The Kier molecular flexibility index (Phi) is 3.02. The van der Waals surface area contributed by atoms with Crippen molar-refractivity contribution in [3.8, 4) is 0 Å². The average molecular weight is 271 g/mol. The lowest BCUT2D eigenvalue weighted by Crippen LogP contribution is -2.30. The van der Waals surface area contributed by atoms with Crippen LogP contribution in [0.15, 0.2) is 22.8 Å². The van der Waals surface area contributed by atoms with Crippen LogP contribution in [0.4, 0.5) is 0 Å². The summed E-state index contributed by atoms with van der Waals surface area (Å²) in [5.41, 5.74) is 0.409. The Labute approximate surface area is 96.1 Å². The van der Waals surface area contributed by atoms with Gasteiger partial charge >= 0.3 is 0 Å². The molecule has 5 heteroatoms. The smallest absolute Gasteiger partial charge is 0.273 e. The van der Waals surface area contributed by atoms with Gasteiger partial charge in [-0.15, -0.1) is 0 Å². The van der Waals surface area contributed by atoms with Crippen LogP contribution in [0.1, 0.15) is 16.9 Å². The molecule has 1 aromatic rings. The third-order valence-corrected chi connectivity index (χ3v) is 3.05. The second kappa shape index (κ2) is 4.28. The Balaban J connectivity index is 2.18. The van der Waals surface area contributed by atoms with E-state index in [4.69, 9.17) is 0 Å². The molecule has 1 atom stereocenters. The van der Waals surface area contributed by atoms with E-state index in [1.54, 1.807) is 23.2 Å². The van der Waals surface area contributed by atoms with Crippen LogP contribution in [-0.2, 0) is 0 Å². The van der Waals surface area contributed by atoms with E-state index < -0.39 is 6.10 Å². The first-order valence-electron chi connectivity index (χ1n) is 4.76. The van der Waals surface area contributed by atoms with Crippen LogP contribution in [0.2, 0.25) is 0 Å². The minimum atomic E-state index is -0.392. The maximum Gasteiger partial charge on any atom is 0.273 e. The number of carbonyl (C=O) groups is 1. The fourth-order valence-electron chi connectivity index (χ4n) is 1.62. The van der Waals surface area contributed by atoms with Crippen molar-refractivity contribution in [2.24, 2.45) is 0 Å². The Morgan fingerprint density at radius 2 is 2.47 bits per heavy atom. The number of aliphatic hydroxyl groups is 1. The summed E-state index contributed by atoms with van der Waals surface area (Å²) < 4.78 is 0.691. The number of likely N-dealkylation sites (tertiary alicyclic amines) is 1. The lowest BCUT2D eigenvalue weighted by Gasteiger charge is -2.15. The molecular weight excluding hydrogens is 260 g/mol. The molecule has 0 spiro atoms. The standard InChI is InChI=1S/C10H11BrN2O2/c11-8-2-1-4-12-9(8)10(15)13-5-3-7(14)6-13/h1-2,4,7,14H,3,5-6H2/t7-/m1/s1. The highest BCUT2D eigenvalue weighted by molar-refractivity contribution is 9.10. The van der Waals surface area contributed by atoms with E-state index >= 15 is 0 Å². The van der Waals surface area contributed by atoms with Crippen LogP contribution in [0.3, 0.4) is 0 Å². The van der Waals surface area contributed by atoms with Crippen LogP contribution in [0.5, 0.6) is 0 Å². The summed E-state index contributed by atoms with van der Waals surface area (Å²) in [5, 5.41) is 9.34. The highest BCUT2D eigenvalue weighted by Gasteiger charge is 2.26. The molecular formula is C10H11BrN2O2. The van der Waals surface area contributed by atoms with Gasteiger partial charge < -0.3 is 10.0 Å². The van der Waals surface area contributed by atoms with E-state index in [0.29, 0.717) is 29.7 Å². The first-order valence-corrected chi connectivity index (χ1v) is 5.55. The molecule has 0 saturated carbocycles. The minimum absolute atomic E-state index is 0.126. The molecule has 1 amide bonds. The fraction of sp³-hybridized carbons (Fsp3) is 0.400. The van der Waals surface area contributed by atoms with Crippen LogP contribution >= 0.6 is 15.9 Å². The number of hydrogen-bond acceptors (Lipinski definition) is 3. The van der Waals surface area contributed by atoms with E-state index in [9.17, 15) is 9.90 Å². The maximum atomic E-state index is 11.9. The van der Waals surface area contributed by atoms with Crippen LogP contribution in [0.25, 0.3) is 0 Å². The largest absolute Gasteiger partial charge is 0.391 e. The molecule has 2 heterocycles. The molecule has 1 saturated heterocycles. The van der Waals surface area contributed by atoms with Crippen LogP contribution in [0, 0.1) is 0 Å². The predicted molar refractivity (Wildman–Crippen MR) is 58.5 cm³/mol. The summed E-state index contributed by atoms with van der Waals surface area (Å²) in [6, 6.07) is 3.55. The number of pyridine rings is 1. The second-order valence-corrected chi connectivity index (χ2v) is 4.38. The summed E-state index contributed by atoms with van der Waals surface area (Å²) in [6.07, 6.45) is 1.84. The Morgan fingerprint density at radius 1 is 1.67 bits per heavy atom. The van der Waals surface area contributed by atoms with Crippen LogP contribution < -0.4 is 0 Å². The van der Waals surface area contributed by atoms with Crippen molar-refractivity contribution in [3.63, 3.8) is 0 Å². The second-order valence-electron chi connectivity index (χ2n) is 3.53. The molecule has 0 unspecified atom stereocenters. The van der Waals surface area contributed by atoms with Crippen molar-refractivity contribution in [3.05, 3.63) is 28.5 Å². The van der Waals surface area contributed by atoms with E-state index in [2.05, 4.69) is 20.9 Å². The van der Waals surface area contributed by atoms with E-state index in [1.165, 1.54) is 0 Å². The summed E-state index contributed by atoms with van der Waals surface area (Å²) >= 11 is 3.29. The van der Waals surface area contributed by atoms with Gasteiger partial charge in [0.1, 0.15) is 5.69 Å². The highest BCUT2D eigenvalue weighted by atomic mass is 79.9. The van der Waals surface area contributed by atoms with Gasteiger partial charge in [0.15, 0.2) is 0 Å². The third-order valence-electron chi connectivity index (χ3n) is 2.41. The first kappa shape index (κ1) is 10.6. The van der Waals surface area contributed by atoms with Gasteiger partial charge in [-0.25, -0.2) is 4.98 Å². The lowest BCUT2D eigenvalue weighted by atomic mass is 10.3. The molecule has 0 aliphatic carbocycles. The molecule has 1 aliphatic rings. The molecule has 4 nitrogen and oxygen atoms in total. The molecule has 1 fully saturated rings. The van der Waals surface area contributed by atoms with E-state index in [1.807, 2.05) is 0 Å². The van der Waals surface area contributed by atoms with Gasteiger partial charge in [-0.2, -0.15) is 0 Å². The number of aliphatic hydroxyl groups excluding tert-OH is 1. The van der Waals surface area contributed by atoms with Crippen molar-refractivity contribution in [1.29, 1.82) is 0 Å². The number of halogens is 1. The van der Waals surface area contributed by atoms with Gasteiger partial charge in [0, 0.05) is 23.8 Å². The first-order chi connectivity index (χ1) is 7.18. The molecule has 0 bridgehead atoms. The molecule has 15 heavy (non-hydrogen) atoms. The van der Waals surface area contributed by atoms with Gasteiger partial charge in [0.2, 0.25) is 0 Å². The molecule has 1 aromatic heterocycles. The number of hydrogen-bond donors (Lipinski definition) is 1. The topological polar surface area (TPSA) is 53.4 Å². The van der Waals surface area contributed by atoms with Gasteiger partial charge in [-0.3, -0.25) is 4.79 Å². The van der Waals surface area contributed by atoms with Crippen LogP contribution in [-0.4, -0.2) is 40.1 Å². The summed E-state index contributed by atoms with van der Waals surface area (Å²) in [4.78, 5) is 17.6. The van der Waals surface area contributed by atoms with E-state index in [-0.39, 0.29) is 5.91 Å². The molecule has 0 aromatic carbocycles. The lowest BCUT2D eigenvalue weighted by molar-refractivity contribution is 0.0758. The quantitative estimate of drug-likeness (QED) is 0.830. The molecule has 2 rings (SSSR count). The number of amides is 1. The summed E-state index contributed by atoms with van der Waals surface area (Å²) in [6.45, 7) is 1.00. The average Bonchev–Trinajstić information content (AvgIpc) is 2.65. The predicted octanol–water partition coefficient (Wildman–Crippen LogP) is 1.05. The maximum absolute atomic E-state index is 11.9. The molecule has 1 N–H and O–H groups in total. The number of carbonyl (C=O) groups excluding carboxylic acids is 1. The molecule has 0 radical (unpaired) electrons. The van der Waals surface area contributed by atoms with Crippen molar-refractivity contribution in [2.75, 3.05) is 13.1 Å². The normalized spacial score (nSPS) is 20.7. The number of β-amino-alcohol motifs (C(OH)–C–C–N with tert-alkyl or cyclic N) is 1. The number of aromatic nitrogens is 1. The summed E-state index contributed by atoms with van der Waals surface area (Å²) in [7, 11) is 0. The molecule has 80 valence electrons. The van der Waals surface area contributed by atoms with Gasteiger partial charge in [0.25, 0.3) is 5.91 Å². The zero-order valence-corrected chi connectivity index (χ0v) is 9.64. The number of rotatable bonds is 1. The molecule has 1 aliphatic heterocycles. The van der Waals surface area contributed by atoms with E-state index in [0.717, 1.165) is 0 Å².